The molecule has 3 unspecified atom stereocenters. The topological polar surface area (TPSA) is 238 Å². The van der Waals surface area contributed by atoms with Gasteiger partial charge in [-0.2, -0.15) is 0 Å². The van der Waals surface area contributed by atoms with E-state index in [0.29, 0.717) is 0 Å². The summed E-state index contributed by atoms with van der Waals surface area (Å²) in [6, 6.07) is 0. The molecule has 3 rings (SSSR count). The number of phosphoric ester groups is 1. The monoisotopic (exact) mass is 425 g/mol. The molecule has 0 aromatic carbocycles. The summed E-state index contributed by atoms with van der Waals surface area (Å²) < 4.78 is 36.1. The van der Waals surface area contributed by atoms with E-state index < -0.39 is 46.8 Å². The fourth-order valence-corrected chi connectivity index (χ4v) is 4.00. The maximum absolute atomic E-state index is 11.3. The number of aliphatic hydroxyl groups is 2. The average molecular weight is 425 g/mol. The maximum Gasteiger partial charge on any atom is 0.274 e. The van der Waals surface area contributed by atoms with Gasteiger partial charge in [0.15, 0.2) is 17.7 Å². The van der Waals surface area contributed by atoms with Crippen LogP contribution in [-0.4, -0.2) is 59.5 Å². The van der Waals surface area contributed by atoms with Gasteiger partial charge in [-0.05, 0) is 0 Å². The van der Waals surface area contributed by atoms with Gasteiger partial charge < -0.3 is 39.9 Å². The molecular formula is C10H13N5O10P2-2. The standard InChI is InChI=1S/C10H15N5O10P2/c11-8-5-9(13-2-12-8)15(3-14-5)10-7(17)6(16)4(24-10)1-23-27(21,22)25-26(18,19)20/h2-4,6-7,10,16-17H,1H2,(H,21,22)(H2,11,12,13)(H2,18,19,20)/p-2/t4-,6+,7?,10-/m1/s1. The van der Waals surface area contributed by atoms with Crippen molar-refractivity contribution in [3.05, 3.63) is 12.7 Å². The van der Waals surface area contributed by atoms with E-state index in [1.165, 1.54) is 10.9 Å². The van der Waals surface area contributed by atoms with Crippen molar-refractivity contribution in [3.8, 4) is 0 Å². The minimum Gasteiger partial charge on any atom is -0.756 e. The number of nitrogens with two attached hydrogens (primary N) is 1. The molecule has 17 heteroatoms. The molecule has 5 N–H and O–H groups in total. The third kappa shape index (κ3) is 4.33. The molecule has 1 fully saturated rings. The lowest BCUT2D eigenvalue weighted by Gasteiger charge is -2.28. The Morgan fingerprint density at radius 3 is 2.63 bits per heavy atom. The highest BCUT2D eigenvalue weighted by molar-refractivity contribution is 7.59. The molecule has 0 radical (unpaired) electrons. The number of nitrogens with zero attached hydrogens (tertiary/aromatic N) is 4. The lowest BCUT2D eigenvalue weighted by Crippen LogP contribution is -2.34. The number of nitrogen functional groups attached to an aromatic ring is 1. The predicted molar refractivity (Wildman–Crippen MR) is 80.1 cm³/mol. The molecule has 27 heavy (non-hydrogen) atoms. The van der Waals surface area contributed by atoms with Gasteiger partial charge in [0.2, 0.25) is 0 Å². The Morgan fingerprint density at radius 1 is 1.26 bits per heavy atom. The largest absolute Gasteiger partial charge is 0.756 e. The van der Waals surface area contributed by atoms with Crippen molar-refractivity contribution in [2.45, 2.75) is 24.5 Å². The summed E-state index contributed by atoms with van der Waals surface area (Å²) >= 11 is 0. The number of imidazole rings is 1. The molecule has 2 aromatic heterocycles. The molecule has 1 aliphatic heterocycles. The van der Waals surface area contributed by atoms with Crippen LogP contribution < -0.4 is 15.5 Å². The molecule has 6 atom stereocenters. The molecule has 150 valence electrons. The Labute approximate surface area is 150 Å². The SMILES string of the molecule is Nc1ncnc2c1ncn2[C@@H]1O[C@H](COP(=O)([O-])OP(=O)([O-])O)[C@H](O)C1O. The van der Waals surface area contributed by atoms with E-state index in [-0.39, 0.29) is 17.0 Å². The van der Waals surface area contributed by atoms with E-state index in [0.717, 1.165) is 6.33 Å². The molecule has 0 bridgehead atoms. The molecule has 1 saturated heterocycles. The second-order valence-corrected chi connectivity index (χ2v) is 8.17. The minimum atomic E-state index is -5.60. The molecule has 3 heterocycles. The zero-order valence-corrected chi connectivity index (χ0v) is 14.9. The van der Waals surface area contributed by atoms with E-state index in [2.05, 4.69) is 23.8 Å². The van der Waals surface area contributed by atoms with Gasteiger partial charge in [-0.1, -0.05) is 0 Å². The van der Waals surface area contributed by atoms with Crippen LogP contribution in [0.3, 0.4) is 0 Å². The van der Waals surface area contributed by atoms with Gasteiger partial charge in [0.25, 0.3) is 15.6 Å². The van der Waals surface area contributed by atoms with Crippen LogP contribution in [0.4, 0.5) is 5.82 Å². The second-order valence-electron chi connectivity index (χ2n) is 5.42. The number of fused-ring (bicyclic) bond motifs is 1. The fourth-order valence-electron chi connectivity index (χ4n) is 2.47. The van der Waals surface area contributed by atoms with E-state index in [4.69, 9.17) is 15.4 Å². The normalized spacial score (nSPS) is 30.3. The van der Waals surface area contributed by atoms with Gasteiger partial charge in [0.05, 0.1) is 12.9 Å². The lowest BCUT2D eigenvalue weighted by molar-refractivity contribution is -0.242. The van der Waals surface area contributed by atoms with Crippen molar-refractivity contribution in [3.63, 3.8) is 0 Å². The third-order valence-electron chi connectivity index (χ3n) is 3.60. The van der Waals surface area contributed by atoms with Crippen molar-refractivity contribution in [1.29, 1.82) is 0 Å². The Morgan fingerprint density at radius 2 is 1.96 bits per heavy atom. The molecule has 0 aliphatic carbocycles. The van der Waals surface area contributed by atoms with Gasteiger partial charge in [-0.15, -0.1) is 0 Å². The molecule has 15 nitrogen and oxygen atoms in total. The lowest BCUT2D eigenvalue weighted by atomic mass is 10.1. The smallest absolute Gasteiger partial charge is 0.274 e. The van der Waals surface area contributed by atoms with Gasteiger partial charge in [-0.3, -0.25) is 13.7 Å². The number of aliphatic hydroxyl groups excluding tert-OH is 2. The first kappa shape index (κ1) is 20.2. The first-order valence-corrected chi connectivity index (χ1v) is 10.1. The van der Waals surface area contributed by atoms with Crippen LogP contribution in [0.15, 0.2) is 12.7 Å². The summed E-state index contributed by atoms with van der Waals surface area (Å²) in [5, 5.41) is 20.2. The Balaban J connectivity index is 1.75. The quantitative estimate of drug-likeness (QED) is 0.337. The molecule has 2 aromatic rings. The summed E-state index contributed by atoms with van der Waals surface area (Å²) in [5.41, 5.74) is 6.06. The van der Waals surface area contributed by atoms with Crippen LogP contribution in [-0.2, 0) is 22.7 Å². The summed E-state index contributed by atoms with van der Waals surface area (Å²) in [7, 11) is -11.0. The van der Waals surface area contributed by atoms with Crippen LogP contribution in [0.2, 0.25) is 0 Å². The molecular weight excluding hydrogens is 412 g/mol. The first-order valence-electron chi connectivity index (χ1n) is 7.14. The zero-order valence-electron chi connectivity index (χ0n) is 13.1. The number of anilines is 1. The number of phosphoric acid groups is 2. The predicted octanol–water partition coefficient (Wildman–Crippen LogP) is -3.01. The van der Waals surface area contributed by atoms with Crippen molar-refractivity contribution < 1.29 is 47.6 Å². The van der Waals surface area contributed by atoms with Gasteiger partial charge >= 0.3 is 0 Å². The van der Waals surface area contributed by atoms with Crippen molar-refractivity contribution in [2.24, 2.45) is 0 Å². The second kappa shape index (κ2) is 7.14. The maximum atomic E-state index is 11.3. The molecule has 1 aliphatic rings. The Kier molecular flexibility index (Phi) is 5.35. The molecule has 0 saturated carbocycles. The average Bonchev–Trinajstić information content (AvgIpc) is 3.07. The van der Waals surface area contributed by atoms with E-state index in [9.17, 15) is 29.1 Å². The van der Waals surface area contributed by atoms with Crippen LogP contribution in [0, 0.1) is 0 Å². The van der Waals surface area contributed by atoms with E-state index in [1.807, 2.05) is 0 Å². The third-order valence-corrected chi connectivity index (χ3v) is 5.69. The summed E-state index contributed by atoms with van der Waals surface area (Å²) in [6.45, 7) is -0.904. The Bertz CT molecular complexity index is 932. The van der Waals surface area contributed by atoms with E-state index >= 15 is 0 Å². The van der Waals surface area contributed by atoms with Crippen molar-refractivity contribution in [2.75, 3.05) is 12.3 Å². The fraction of sp³-hybridized carbons (Fsp3) is 0.500. The van der Waals surface area contributed by atoms with Gasteiger partial charge in [0.1, 0.15) is 30.2 Å². The Hall–Kier alpha value is -1.51. The summed E-state index contributed by atoms with van der Waals surface area (Å²) in [6.07, 6.45) is -3.40. The molecule has 0 amide bonds. The highest BCUT2D eigenvalue weighted by Gasteiger charge is 2.45. The van der Waals surface area contributed by atoms with Crippen LogP contribution in [0.5, 0.6) is 0 Å². The van der Waals surface area contributed by atoms with Crippen LogP contribution in [0.25, 0.3) is 11.2 Å². The number of hydrogen-bond acceptors (Lipinski definition) is 13. The van der Waals surface area contributed by atoms with Crippen LogP contribution >= 0.6 is 15.6 Å². The first-order chi connectivity index (χ1) is 12.5. The number of rotatable bonds is 6. The van der Waals surface area contributed by atoms with Crippen molar-refractivity contribution in [1.82, 2.24) is 19.5 Å². The summed E-state index contributed by atoms with van der Waals surface area (Å²) in [4.78, 5) is 41.9. The highest BCUT2D eigenvalue weighted by atomic mass is 31.3. The zero-order chi connectivity index (χ0) is 20.0. The minimum absolute atomic E-state index is 0.0714. The van der Waals surface area contributed by atoms with E-state index in [1.54, 1.807) is 0 Å². The number of ether oxygens (including phenoxy) is 1. The van der Waals surface area contributed by atoms with Crippen molar-refractivity contribution >= 4 is 32.6 Å². The highest BCUT2D eigenvalue weighted by Crippen LogP contribution is 2.52. The number of aromatic nitrogens is 4. The van der Waals surface area contributed by atoms with Crippen LogP contribution in [0.1, 0.15) is 6.23 Å². The molecule has 0 spiro atoms. The number of hydrogen-bond donors (Lipinski definition) is 4. The summed E-state index contributed by atoms with van der Waals surface area (Å²) in [5.74, 6) is 0.0714. The van der Waals surface area contributed by atoms with Gasteiger partial charge in [-0.25, -0.2) is 19.3 Å². The van der Waals surface area contributed by atoms with Gasteiger partial charge in [0, 0.05) is 0 Å².